The van der Waals surface area contributed by atoms with Gasteiger partial charge in [-0.05, 0) is 17.5 Å². The minimum absolute atomic E-state index is 0.0685. The maximum Gasteiger partial charge on any atom is 0.269 e. The molecule has 0 atom stereocenters. The van der Waals surface area contributed by atoms with Crippen LogP contribution in [0.15, 0.2) is 24.3 Å². The Labute approximate surface area is 110 Å². The monoisotopic (exact) mass is 262 g/mol. The minimum Gasteiger partial charge on any atom is -0.274 e. The molecule has 1 aromatic carbocycles. The van der Waals surface area contributed by atoms with Gasteiger partial charge in [0.2, 0.25) is 11.8 Å². The van der Waals surface area contributed by atoms with Crippen molar-refractivity contribution in [1.29, 1.82) is 0 Å². The summed E-state index contributed by atoms with van der Waals surface area (Å²) in [7, 11) is 0. The Morgan fingerprint density at radius 3 is 2.00 bits per heavy atom. The second-order valence-electron chi connectivity index (χ2n) is 5.41. The lowest BCUT2D eigenvalue weighted by Gasteiger charge is -2.34. The van der Waals surface area contributed by atoms with E-state index in [-0.39, 0.29) is 35.8 Å². The molecule has 100 valence electrons. The molecule has 0 saturated carbocycles. The Morgan fingerprint density at radius 1 is 1.11 bits per heavy atom. The molecule has 0 bridgehead atoms. The Balaban J connectivity index is 2.29. The van der Waals surface area contributed by atoms with Crippen molar-refractivity contribution in [1.82, 2.24) is 0 Å². The summed E-state index contributed by atoms with van der Waals surface area (Å²) in [5, 5.41) is 10.6. The molecule has 1 fully saturated rings. The third-order valence-electron chi connectivity index (χ3n) is 3.08. The van der Waals surface area contributed by atoms with Crippen molar-refractivity contribution in [2.45, 2.75) is 26.7 Å². The van der Waals surface area contributed by atoms with Gasteiger partial charge in [-0.2, -0.15) is 0 Å². The number of carbonyl (C=O) groups excluding carboxylic acids is 2. The summed E-state index contributed by atoms with van der Waals surface area (Å²) in [6.07, 6.45) is 0.575. The summed E-state index contributed by atoms with van der Waals surface area (Å²) in [6.45, 7) is 3.74. The van der Waals surface area contributed by atoms with Crippen LogP contribution in [0.2, 0.25) is 0 Å². The van der Waals surface area contributed by atoms with Crippen LogP contribution in [-0.4, -0.2) is 16.7 Å². The van der Waals surface area contributed by atoms with Gasteiger partial charge in [0.15, 0.2) is 0 Å². The van der Waals surface area contributed by atoms with Gasteiger partial charge in [0, 0.05) is 25.0 Å². The molecule has 1 heterocycles. The van der Waals surface area contributed by atoms with Crippen molar-refractivity contribution >= 4 is 23.2 Å². The molecule has 1 aliphatic rings. The lowest BCUT2D eigenvalue weighted by molar-refractivity contribution is -0.384. The van der Waals surface area contributed by atoms with Crippen LogP contribution in [0.5, 0.6) is 0 Å². The molecule has 0 aliphatic carbocycles. The van der Waals surface area contributed by atoms with Gasteiger partial charge in [-0.15, -0.1) is 0 Å². The number of carbonyl (C=O) groups is 2. The number of piperidine rings is 1. The Hall–Kier alpha value is -2.24. The lowest BCUT2D eigenvalue weighted by Crippen LogP contribution is -2.46. The molecule has 0 radical (unpaired) electrons. The molecule has 1 aromatic rings. The van der Waals surface area contributed by atoms with Crippen LogP contribution in [-0.2, 0) is 9.59 Å². The molecule has 1 saturated heterocycles. The van der Waals surface area contributed by atoms with Gasteiger partial charge in [0.05, 0.1) is 10.6 Å². The maximum absolute atomic E-state index is 12.0. The summed E-state index contributed by atoms with van der Waals surface area (Å²) in [6, 6.07) is 5.42. The van der Waals surface area contributed by atoms with Gasteiger partial charge < -0.3 is 0 Å². The van der Waals surface area contributed by atoms with E-state index in [1.54, 1.807) is 0 Å². The summed E-state index contributed by atoms with van der Waals surface area (Å²) >= 11 is 0. The highest BCUT2D eigenvalue weighted by Crippen LogP contribution is 2.34. The van der Waals surface area contributed by atoms with Crippen molar-refractivity contribution < 1.29 is 14.5 Å². The van der Waals surface area contributed by atoms with Gasteiger partial charge in [0.25, 0.3) is 5.69 Å². The highest BCUT2D eigenvalue weighted by molar-refractivity contribution is 6.16. The standard InChI is InChI=1S/C13H14N2O4/c1-13(2)7-11(16)14(12(17)8-13)9-3-5-10(6-4-9)15(18)19/h3-6H,7-8H2,1-2H3. The number of amides is 2. The van der Waals surface area contributed by atoms with Crippen LogP contribution in [0, 0.1) is 15.5 Å². The number of imide groups is 1. The molecule has 6 heteroatoms. The molecule has 0 N–H and O–H groups in total. The van der Waals surface area contributed by atoms with E-state index < -0.39 is 4.92 Å². The molecule has 2 amide bonds. The van der Waals surface area contributed by atoms with E-state index in [1.807, 2.05) is 13.8 Å². The summed E-state index contributed by atoms with van der Waals surface area (Å²) in [5.74, 6) is -0.537. The van der Waals surface area contributed by atoms with Crippen LogP contribution in [0.3, 0.4) is 0 Å². The maximum atomic E-state index is 12.0. The number of anilines is 1. The molecule has 0 unspecified atom stereocenters. The van der Waals surface area contributed by atoms with Crippen molar-refractivity contribution in [3.63, 3.8) is 0 Å². The number of nitrogens with zero attached hydrogens (tertiary/aromatic N) is 2. The Morgan fingerprint density at radius 2 is 1.58 bits per heavy atom. The first-order chi connectivity index (χ1) is 8.80. The minimum atomic E-state index is -0.521. The zero-order chi connectivity index (χ0) is 14.2. The second-order valence-corrected chi connectivity index (χ2v) is 5.41. The first-order valence-corrected chi connectivity index (χ1v) is 5.90. The fourth-order valence-corrected chi connectivity index (χ4v) is 2.19. The van der Waals surface area contributed by atoms with Crippen LogP contribution < -0.4 is 4.90 Å². The van der Waals surface area contributed by atoms with E-state index in [4.69, 9.17) is 0 Å². The van der Waals surface area contributed by atoms with E-state index in [0.29, 0.717) is 5.69 Å². The predicted molar refractivity (Wildman–Crippen MR) is 68.6 cm³/mol. The molecule has 0 aromatic heterocycles. The number of nitro benzene ring substituents is 1. The average Bonchev–Trinajstić information content (AvgIpc) is 2.26. The molecule has 6 nitrogen and oxygen atoms in total. The Bertz CT molecular complexity index is 528. The van der Waals surface area contributed by atoms with Crippen molar-refractivity contribution in [3.8, 4) is 0 Å². The van der Waals surface area contributed by atoms with Crippen molar-refractivity contribution in [2.24, 2.45) is 5.41 Å². The zero-order valence-corrected chi connectivity index (χ0v) is 10.8. The van der Waals surface area contributed by atoms with Gasteiger partial charge in [-0.25, -0.2) is 0 Å². The third kappa shape index (κ3) is 2.62. The largest absolute Gasteiger partial charge is 0.274 e. The highest BCUT2D eigenvalue weighted by atomic mass is 16.6. The number of hydrogen-bond donors (Lipinski definition) is 0. The smallest absolute Gasteiger partial charge is 0.269 e. The summed E-state index contributed by atoms with van der Waals surface area (Å²) < 4.78 is 0. The summed E-state index contributed by atoms with van der Waals surface area (Å²) in [4.78, 5) is 35.2. The SMILES string of the molecule is CC1(C)CC(=O)N(c2ccc([N+](=O)[O-])cc2)C(=O)C1. The van der Waals surface area contributed by atoms with Crippen molar-refractivity contribution in [3.05, 3.63) is 34.4 Å². The van der Waals surface area contributed by atoms with Gasteiger partial charge in [-0.1, -0.05) is 13.8 Å². The Kier molecular flexibility index (Phi) is 3.09. The summed E-state index contributed by atoms with van der Waals surface area (Å²) in [5.41, 5.74) is -0.0112. The number of hydrogen-bond acceptors (Lipinski definition) is 4. The van der Waals surface area contributed by atoms with Crippen LogP contribution in [0.1, 0.15) is 26.7 Å². The molecule has 19 heavy (non-hydrogen) atoms. The van der Waals surface area contributed by atoms with Gasteiger partial charge in [0.1, 0.15) is 0 Å². The topological polar surface area (TPSA) is 80.5 Å². The predicted octanol–water partition coefficient (Wildman–Crippen LogP) is 2.27. The van der Waals surface area contributed by atoms with E-state index in [2.05, 4.69) is 0 Å². The van der Waals surface area contributed by atoms with Gasteiger partial charge in [-0.3, -0.25) is 24.6 Å². The van der Waals surface area contributed by atoms with E-state index in [1.165, 1.54) is 24.3 Å². The highest BCUT2D eigenvalue weighted by Gasteiger charge is 2.38. The second kappa shape index (κ2) is 4.46. The van der Waals surface area contributed by atoms with E-state index in [9.17, 15) is 19.7 Å². The molecular weight excluding hydrogens is 248 g/mol. The van der Waals surface area contributed by atoms with Crippen LogP contribution in [0.4, 0.5) is 11.4 Å². The van der Waals surface area contributed by atoms with Crippen molar-refractivity contribution in [2.75, 3.05) is 4.90 Å². The third-order valence-corrected chi connectivity index (χ3v) is 3.08. The van der Waals surface area contributed by atoms with Crippen LogP contribution >= 0.6 is 0 Å². The average molecular weight is 262 g/mol. The fourth-order valence-electron chi connectivity index (χ4n) is 2.19. The molecule has 2 rings (SSSR count). The van der Waals surface area contributed by atoms with Crippen LogP contribution in [0.25, 0.3) is 0 Å². The van der Waals surface area contributed by atoms with E-state index in [0.717, 1.165) is 4.90 Å². The number of rotatable bonds is 2. The first-order valence-electron chi connectivity index (χ1n) is 5.90. The van der Waals surface area contributed by atoms with E-state index >= 15 is 0 Å². The quantitative estimate of drug-likeness (QED) is 0.465. The molecular formula is C13H14N2O4. The number of benzene rings is 1. The normalized spacial score (nSPS) is 18.5. The molecule has 1 aliphatic heterocycles. The zero-order valence-electron chi connectivity index (χ0n) is 10.8. The van der Waals surface area contributed by atoms with Gasteiger partial charge >= 0.3 is 0 Å². The lowest BCUT2D eigenvalue weighted by atomic mass is 9.81. The first kappa shape index (κ1) is 13.2. The molecule has 0 spiro atoms. The number of non-ortho nitro benzene ring substituents is 1. The number of nitro groups is 1. The fraction of sp³-hybridized carbons (Fsp3) is 0.385.